The average molecular weight is 489 g/mol. The van der Waals surface area contributed by atoms with Crippen LogP contribution in [0, 0.1) is 6.92 Å². The van der Waals surface area contributed by atoms with Gasteiger partial charge in [0.05, 0.1) is 5.56 Å². The highest BCUT2D eigenvalue weighted by Gasteiger charge is 2.20. The maximum absolute atomic E-state index is 12.8. The summed E-state index contributed by atoms with van der Waals surface area (Å²) in [6.45, 7) is 4.83. The second-order valence-corrected chi connectivity index (χ2v) is 9.70. The van der Waals surface area contributed by atoms with Crippen LogP contribution in [-0.2, 0) is 0 Å². The molecule has 0 radical (unpaired) electrons. The van der Waals surface area contributed by atoms with E-state index in [1.165, 1.54) is 51.4 Å². The monoisotopic (exact) mass is 488 g/mol. The van der Waals surface area contributed by atoms with Crippen LogP contribution in [-0.4, -0.2) is 23.5 Å². The number of hydrogen-bond acceptors (Lipinski definition) is 3. The zero-order chi connectivity index (χ0) is 25.9. The maximum Gasteiger partial charge on any atom is 0.253 e. The number of aryl methyl sites for hydroxylation is 1. The minimum absolute atomic E-state index is 0.0723. The molecule has 5 nitrogen and oxygen atoms in total. The van der Waals surface area contributed by atoms with Crippen LogP contribution in [0.25, 0.3) is 21.9 Å². The lowest BCUT2D eigenvalue weighted by Gasteiger charge is -2.14. The van der Waals surface area contributed by atoms with E-state index in [2.05, 4.69) is 12.2 Å². The molecular weight excluding hydrogens is 448 g/mol. The van der Waals surface area contributed by atoms with Crippen molar-refractivity contribution < 1.29 is 14.7 Å². The van der Waals surface area contributed by atoms with Crippen LogP contribution < -0.4 is 11.1 Å². The second kappa shape index (κ2) is 13.7. The van der Waals surface area contributed by atoms with E-state index >= 15 is 0 Å². The molecular formula is C31H40N2O3. The molecule has 5 heteroatoms. The summed E-state index contributed by atoms with van der Waals surface area (Å²) in [6.07, 6.45) is 12.5. The number of rotatable bonds is 14. The highest BCUT2D eigenvalue weighted by Crippen LogP contribution is 2.39. The molecule has 0 unspecified atom stereocenters. The van der Waals surface area contributed by atoms with Gasteiger partial charge in [0.1, 0.15) is 5.75 Å². The second-order valence-electron chi connectivity index (χ2n) is 9.70. The fraction of sp³-hybridized carbons (Fsp3) is 0.419. The summed E-state index contributed by atoms with van der Waals surface area (Å²) in [5.74, 6) is -0.979. The Kier molecular flexibility index (Phi) is 10.3. The van der Waals surface area contributed by atoms with E-state index in [4.69, 9.17) is 5.73 Å². The summed E-state index contributed by atoms with van der Waals surface area (Å²) in [7, 11) is 0. The number of phenols is 1. The largest absolute Gasteiger partial charge is 0.506 e. The summed E-state index contributed by atoms with van der Waals surface area (Å²) in [6, 6.07) is 14.6. The van der Waals surface area contributed by atoms with Crippen molar-refractivity contribution in [2.24, 2.45) is 5.73 Å². The van der Waals surface area contributed by atoms with Gasteiger partial charge >= 0.3 is 0 Å². The van der Waals surface area contributed by atoms with Crippen LogP contribution in [0.1, 0.15) is 97.4 Å². The lowest BCUT2D eigenvalue weighted by atomic mass is 9.92. The minimum atomic E-state index is -0.703. The molecule has 0 saturated carbocycles. The lowest BCUT2D eigenvalue weighted by molar-refractivity contribution is 0.0951. The number of carbonyl (C=O) groups is 2. The molecule has 2 amide bonds. The zero-order valence-electron chi connectivity index (χ0n) is 21.7. The third kappa shape index (κ3) is 7.09. The van der Waals surface area contributed by atoms with Crippen molar-refractivity contribution in [3.8, 4) is 16.9 Å². The molecule has 36 heavy (non-hydrogen) atoms. The molecule has 0 heterocycles. The van der Waals surface area contributed by atoms with Gasteiger partial charge in [-0.3, -0.25) is 9.59 Å². The molecule has 0 aliphatic heterocycles. The Morgan fingerprint density at radius 1 is 0.833 bits per heavy atom. The predicted octanol–water partition coefficient (Wildman–Crippen LogP) is 7.27. The summed E-state index contributed by atoms with van der Waals surface area (Å²) in [4.78, 5) is 25.0. The molecule has 192 valence electrons. The van der Waals surface area contributed by atoms with Gasteiger partial charge in [-0.25, -0.2) is 0 Å². The number of unbranched alkanes of at least 4 members (excludes halogenated alkanes) is 9. The summed E-state index contributed by atoms with van der Waals surface area (Å²) >= 11 is 0. The number of carbonyl (C=O) groups excluding carboxylic acids is 2. The Balaban J connectivity index is 1.63. The third-order valence-corrected chi connectivity index (χ3v) is 6.87. The number of hydrogen-bond donors (Lipinski definition) is 3. The van der Waals surface area contributed by atoms with Gasteiger partial charge in [0.2, 0.25) is 0 Å². The van der Waals surface area contributed by atoms with Crippen LogP contribution in [0.4, 0.5) is 0 Å². The van der Waals surface area contributed by atoms with E-state index in [-0.39, 0.29) is 17.2 Å². The Hall–Kier alpha value is -3.34. The topological polar surface area (TPSA) is 92.4 Å². The number of fused-ring (bicyclic) bond motifs is 1. The Morgan fingerprint density at radius 3 is 2.11 bits per heavy atom. The third-order valence-electron chi connectivity index (χ3n) is 6.87. The van der Waals surface area contributed by atoms with Crippen molar-refractivity contribution in [1.82, 2.24) is 5.32 Å². The van der Waals surface area contributed by atoms with E-state index in [1.807, 2.05) is 37.3 Å². The number of primary amides is 1. The minimum Gasteiger partial charge on any atom is -0.506 e. The predicted molar refractivity (Wildman–Crippen MR) is 148 cm³/mol. The summed E-state index contributed by atoms with van der Waals surface area (Å²) in [5, 5.41) is 15.1. The van der Waals surface area contributed by atoms with Gasteiger partial charge in [0.25, 0.3) is 11.8 Å². The number of aromatic hydroxyl groups is 1. The highest BCUT2D eigenvalue weighted by molar-refractivity contribution is 6.12. The molecule has 0 atom stereocenters. The molecule has 0 spiro atoms. The SMILES string of the molecule is CCCCCCCCCCCCNC(=O)c1ccc2c(C(N)=O)c(O)c(-c3ccccc3C)cc2c1. The summed E-state index contributed by atoms with van der Waals surface area (Å²) in [5.41, 5.74) is 8.54. The van der Waals surface area contributed by atoms with E-state index < -0.39 is 5.91 Å². The van der Waals surface area contributed by atoms with E-state index in [1.54, 1.807) is 18.2 Å². The van der Waals surface area contributed by atoms with Gasteiger partial charge in [-0.15, -0.1) is 0 Å². The first-order chi connectivity index (χ1) is 17.4. The van der Waals surface area contributed by atoms with Gasteiger partial charge in [0, 0.05) is 17.7 Å². The fourth-order valence-corrected chi connectivity index (χ4v) is 4.78. The molecule has 0 aromatic heterocycles. The first-order valence-corrected chi connectivity index (χ1v) is 13.4. The average Bonchev–Trinajstić information content (AvgIpc) is 2.86. The zero-order valence-corrected chi connectivity index (χ0v) is 21.7. The first kappa shape index (κ1) is 27.3. The van der Waals surface area contributed by atoms with Crippen molar-refractivity contribution in [2.45, 2.75) is 78.1 Å². The number of nitrogens with one attached hydrogen (secondary N) is 1. The smallest absolute Gasteiger partial charge is 0.253 e. The standard InChI is InChI=1S/C31H40N2O3/c1-3-4-5-6-7-8-9-10-11-14-19-33-31(36)23-17-18-26-24(20-23)21-27(29(34)28(26)30(32)35)25-16-13-12-15-22(25)2/h12-13,15-18,20-21,34H,3-11,14,19H2,1-2H3,(H2,32,35)(H,33,36). The van der Waals surface area contributed by atoms with E-state index in [0.717, 1.165) is 24.0 Å². The number of nitrogens with two attached hydrogens (primary N) is 1. The molecule has 3 aromatic carbocycles. The molecule has 0 bridgehead atoms. The van der Waals surface area contributed by atoms with Crippen molar-refractivity contribution >= 4 is 22.6 Å². The molecule has 3 aromatic rings. The van der Waals surface area contributed by atoms with Gasteiger partial charge in [-0.1, -0.05) is 95.0 Å². The van der Waals surface area contributed by atoms with Crippen LogP contribution in [0.5, 0.6) is 5.75 Å². The van der Waals surface area contributed by atoms with Crippen molar-refractivity contribution in [1.29, 1.82) is 0 Å². The molecule has 0 saturated heterocycles. The van der Waals surface area contributed by atoms with Crippen molar-refractivity contribution in [3.63, 3.8) is 0 Å². The van der Waals surface area contributed by atoms with Crippen LogP contribution in [0.3, 0.4) is 0 Å². The van der Waals surface area contributed by atoms with Crippen LogP contribution in [0.2, 0.25) is 0 Å². The van der Waals surface area contributed by atoms with Gasteiger partial charge in [-0.2, -0.15) is 0 Å². The lowest BCUT2D eigenvalue weighted by Crippen LogP contribution is -2.24. The van der Waals surface area contributed by atoms with E-state index in [0.29, 0.717) is 28.4 Å². The van der Waals surface area contributed by atoms with Crippen molar-refractivity contribution in [2.75, 3.05) is 6.54 Å². The molecule has 0 aliphatic carbocycles. The normalized spacial score (nSPS) is 11.1. The van der Waals surface area contributed by atoms with Crippen molar-refractivity contribution in [3.05, 3.63) is 65.2 Å². The Labute approximate surface area is 215 Å². The molecule has 3 rings (SSSR count). The summed E-state index contributed by atoms with van der Waals surface area (Å²) < 4.78 is 0. The fourth-order valence-electron chi connectivity index (χ4n) is 4.78. The Morgan fingerprint density at radius 2 is 1.47 bits per heavy atom. The van der Waals surface area contributed by atoms with Crippen LogP contribution >= 0.6 is 0 Å². The first-order valence-electron chi connectivity index (χ1n) is 13.4. The highest BCUT2D eigenvalue weighted by atomic mass is 16.3. The van der Waals surface area contributed by atoms with Gasteiger partial charge < -0.3 is 16.2 Å². The molecule has 0 aliphatic rings. The molecule has 4 N–H and O–H groups in total. The van der Waals surface area contributed by atoms with Gasteiger partial charge in [-0.05, 0) is 53.4 Å². The number of amides is 2. The maximum atomic E-state index is 12.8. The quantitative estimate of drug-likeness (QED) is 0.208. The Bertz CT molecular complexity index is 1190. The number of benzene rings is 3. The van der Waals surface area contributed by atoms with E-state index in [9.17, 15) is 14.7 Å². The van der Waals surface area contributed by atoms with Crippen LogP contribution in [0.15, 0.2) is 48.5 Å². The molecule has 0 fully saturated rings. The van der Waals surface area contributed by atoms with Gasteiger partial charge in [0.15, 0.2) is 0 Å².